The van der Waals surface area contributed by atoms with Gasteiger partial charge in [-0.25, -0.2) is 0 Å². The molecule has 0 spiro atoms. The summed E-state index contributed by atoms with van der Waals surface area (Å²) in [5.41, 5.74) is -0.764. The van der Waals surface area contributed by atoms with Crippen LogP contribution in [0.3, 0.4) is 0 Å². The Bertz CT molecular complexity index is 1920. The molecule has 1 aliphatic carbocycles. The summed E-state index contributed by atoms with van der Waals surface area (Å²) in [4.78, 5) is 29.0. The molecule has 2 atom stereocenters. The van der Waals surface area contributed by atoms with E-state index in [0.717, 1.165) is 0 Å². The first-order valence-electron chi connectivity index (χ1n) is 11.3. The molecule has 37 heavy (non-hydrogen) atoms. The normalized spacial score (nSPS) is 16.8. The molecule has 6 rings (SSSR count). The second kappa shape index (κ2) is 7.73. The van der Waals surface area contributed by atoms with Gasteiger partial charge >= 0.3 is 0 Å². The zero-order valence-corrected chi connectivity index (χ0v) is 19.9. The van der Waals surface area contributed by atoms with Crippen molar-refractivity contribution in [1.29, 1.82) is 0 Å². The average molecular weight is 503 g/mol. The second-order valence-electron chi connectivity index (χ2n) is 9.00. The number of pyridine rings is 1. The smallest absolute Gasteiger partial charge is 0.259 e. The van der Waals surface area contributed by atoms with Gasteiger partial charge in [-0.05, 0) is 42.1 Å². The topological polar surface area (TPSA) is 162 Å². The van der Waals surface area contributed by atoms with E-state index in [2.05, 4.69) is 4.98 Å². The Hall–Kier alpha value is -4.54. The number of benzene rings is 3. The third-order valence-electron chi connectivity index (χ3n) is 6.96. The van der Waals surface area contributed by atoms with Crippen molar-refractivity contribution in [1.82, 2.24) is 4.98 Å². The van der Waals surface area contributed by atoms with E-state index in [9.17, 15) is 30.0 Å². The molecule has 0 amide bonds. The van der Waals surface area contributed by atoms with E-state index in [1.807, 2.05) is 0 Å². The van der Waals surface area contributed by atoms with E-state index in [0.29, 0.717) is 16.6 Å². The van der Waals surface area contributed by atoms with Crippen LogP contribution < -0.4 is 15.7 Å². The lowest BCUT2D eigenvalue weighted by Gasteiger charge is -2.34. The molecule has 2 heterocycles. The zero-order valence-electron chi connectivity index (χ0n) is 19.9. The van der Waals surface area contributed by atoms with Crippen molar-refractivity contribution in [3.63, 3.8) is 0 Å². The number of ether oxygens (including phenoxy) is 2. The molecule has 2 unspecified atom stereocenters. The minimum absolute atomic E-state index is 0.00538. The number of phenols is 3. The Balaban J connectivity index is 1.88. The van der Waals surface area contributed by atoms with Gasteiger partial charge in [0.2, 0.25) is 5.43 Å². The highest BCUT2D eigenvalue weighted by molar-refractivity contribution is 6.07. The Morgan fingerprint density at radius 2 is 1.70 bits per heavy atom. The van der Waals surface area contributed by atoms with E-state index in [4.69, 9.17) is 13.9 Å². The highest BCUT2D eigenvalue weighted by atomic mass is 16.5. The maximum Gasteiger partial charge on any atom is 0.259 e. The molecule has 0 bridgehead atoms. The number of aryl methyl sites for hydroxylation is 1. The first kappa shape index (κ1) is 22.9. The maximum atomic E-state index is 13.5. The number of phenolic OH excluding ortho intramolecular Hbond substituents is 3. The molecule has 10 nitrogen and oxygen atoms in total. The van der Waals surface area contributed by atoms with Crippen LogP contribution in [0.4, 0.5) is 0 Å². The van der Waals surface area contributed by atoms with Crippen LogP contribution in [0.1, 0.15) is 29.0 Å². The number of aromatic hydroxyl groups is 3. The monoisotopic (exact) mass is 503 g/mol. The molecule has 1 aliphatic rings. The zero-order chi connectivity index (χ0) is 26.3. The molecule has 0 saturated carbocycles. The Kier molecular flexibility index (Phi) is 4.78. The van der Waals surface area contributed by atoms with Crippen molar-refractivity contribution < 1.29 is 34.3 Å². The summed E-state index contributed by atoms with van der Waals surface area (Å²) in [6.45, 7) is 1.69. The predicted octanol–water partition coefficient (Wildman–Crippen LogP) is 3.62. The van der Waals surface area contributed by atoms with Crippen LogP contribution in [-0.2, 0) is 4.74 Å². The molecule has 0 fully saturated rings. The van der Waals surface area contributed by atoms with Crippen LogP contribution >= 0.6 is 0 Å². The number of aliphatic hydroxyl groups excluding tert-OH is 1. The van der Waals surface area contributed by atoms with E-state index in [1.165, 1.54) is 32.4 Å². The maximum absolute atomic E-state index is 13.5. The van der Waals surface area contributed by atoms with Gasteiger partial charge in [0, 0.05) is 29.5 Å². The van der Waals surface area contributed by atoms with Crippen LogP contribution in [0.25, 0.3) is 43.8 Å². The molecular weight excluding hydrogens is 482 g/mol. The summed E-state index contributed by atoms with van der Waals surface area (Å²) in [5, 5.41) is 44.8. The fourth-order valence-corrected chi connectivity index (χ4v) is 5.44. The number of para-hydroxylation sites is 1. The number of H-pyrrole nitrogens is 1. The number of methoxy groups -OCH3 is 2. The standard InChI is InChI=1S/C27H21NO9/c1-9-7-10-8-12-15(20(31)14(10)27(34)28-9)16-17(22(33)24(12)35-2)25(36-3)26-18(21(16)32)19(30)11-5-4-6-13(29)23(11)37-26/h4-8,22,24,29,31-33H,1-3H3,(H,28,34). The number of aromatic nitrogens is 1. The number of aliphatic hydroxyl groups is 1. The number of hydrogen-bond donors (Lipinski definition) is 5. The highest BCUT2D eigenvalue weighted by Crippen LogP contribution is 2.58. The molecule has 5 N–H and O–H groups in total. The Morgan fingerprint density at radius 3 is 2.41 bits per heavy atom. The van der Waals surface area contributed by atoms with E-state index in [1.54, 1.807) is 19.1 Å². The molecule has 188 valence electrons. The van der Waals surface area contributed by atoms with Crippen LogP contribution in [0.5, 0.6) is 23.0 Å². The van der Waals surface area contributed by atoms with Crippen LogP contribution in [0.2, 0.25) is 0 Å². The average Bonchev–Trinajstić information content (AvgIpc) is 2.85. The van der Waals surface area contributed by atoms with Gasteiger partial charge in [-0.15, -0.1) is 0 Å². The van der Waals surface area contributed by atoms with Crippen LogP contribution in [-0.4, -0.2) is 39.6 Å². The Labute approximate surface area is 207 Å². The van der Waals surface area contributed by atoms with Crippen molar-refractivity contribution in [2.24, 2.45) is 0 Å². The SMILES string of the molecule is COc1c2c(c(O)c3c(=O)c4cccc(O)c4oc13)-c1c(cc3cc(C)[nH]c(=O)c3c1O)C(OC)C2O. The number of aromatic amines is 1. The largest absolute Gasteiger partial charge is 0.506 e. The van der Waals surface area contributed by atoms with E-state index >= 15 is 0 Å². The van der Waals surface area contributed by atoms with E-state index < -0.39 is 34.7 Å². The molecule has 2 aromatic heterocycles. The first-order valence-corrected chi connectivity index (χ1v) is 11.3. The number of nitrogens with one attached hydrogen (secondary N) is 1. The molecule has 0 aliphatic heterocycles. The minimum atomic E-state index is -1.43. The fourth-order valence-electron chi connectivity index (χ4n) is 5.44. The second-order valence-corrected chi connectivity index (χ2v) is 9.00. The van der Waals surface area contributed by atoms with Gasteiger partial charge in [-0.2, -0.15) is 0 Å². The molecular formula is C27H21NO9. The third kappa shape index (κ3) is 2.87. The lowest BCUT2D eigenvalue weighted by Crippen LogP contribution is -2.22. The van der Waals surface area contributed by atoms with Crippen molar-refractivity contribution in [3.05, 3.63) is 67.7 Å². The summed E-state index contributed by atoms with van der Waals surface area (Å²) < 4.78 is 17.0. The molecule has 0 saturated heterocycles. The van der Waals surface area contributed by atoms with Crippen LogP contribution in [0.15, 0.2) is 44.3 Å². The van der Waals surface area contributed by atoms with Crippen molar-refractivity contribution in [2.75, 3.05) is 14.2 Å². The lowest BCUT2D eigenvalue weighted by atomic mass is 9.78. The number of hydrogen-bond acceptors (Lipinski definition) is 9. The quantitative estimate of drug-likeness (QED) is 0.226. The fraction of sp³-hybridized carbons (Fsp3) is 0.185. The summed E-state index contributed by atoms with van der Waals surface area (Å²) >= 11 is 0. The third-order valence-corrected chi connectivity index (χ3v) is 6.96. The van der Waals surface area contributed by atoms with Gasteiger partial charge in [0.1, 0.15) is 29.1 Å². The van der Waals surface area contributed by atoms with Crippen molar-refractivity contribution in [3.8, 4) is 34.1 Å². The van der Waals surface area contributed by atoms with Crippen LogP contribution in [0, 0.1) is 6.92 Å². The van der Waals surface area contributed by atoms with Crippen molar-refractivity contribution >= 4 is 32.7 Å². The number of rotatable bonds is 2. The summed E-state index contributed by atoms with van der Waals surface area (Å²) in [6, 6.07) is 7.50. The minimum Gasteiger partial charge on any atom is -0.506 e. The molecule has 0 radical (unpaired) electrons. The number of fused-ring (bicyclic) bond motifs is 6. The lowest BCUT2D eigenvalue weighted by molar-refractivity contribution is -0.0172. The predicted molar refractivity (Wildman–Crippen MR) is 135 cm³/mol. The van der Waals surface area contributed by atoms with Gasteiger partial charge in [-0.1, -0.05) is 6.07 Å². The van der Waals surface area contributed by atoms with E-state index in [-0.39, 0.29) is 55.5 Å². The van der Waals surface area contributed by atoms with Gasteiger partial charge in [0.25, 0.3) is 5.56 Å². The molecule has 3 aromatic carbocycles. The summed E-state index contributed by atoms with van der Waals surface area (Å²) in [5.74, 6) is -1.43. The van der Waals surface area contributed by atoms with Gasteiger partial charge in [0.15, 0.2) is 22.7 Å². The first-order chi connectivity index (χ1) is 17.7. The van der Waals surface area contributed by atoms with Gasteiger partial charge < -0.3 is 39.3 Å². The van der Waals surface area contributed by atoms with Gasteiger partial charge in [-0.3, -0.25) is 9.59 Å². The summed E-state index contributed by atoms with van der Waals surface area (Å²) in [7, 11) is 2.66. The Morgan fingerprint density at radius 1 is 0.973 bits per heavy atom. The molecule has 5 aromatic rings. The highest BCUT2D eigenvalue weighted by Gasteiger charge is 2.41. The van der Waals surface area contributed by atoms with Gasteiger partial charge in [0.05, 0.1) is 17.9 Å². The van der Waals surface area contributed by atoms with Crippen molar-refractivity contribution in [2.45, 2.75) is 19.1 Å². The summed E-state index contributed by atoms with van der Waals surface area (Å²) in [6.07, 6.45) is -2.47. The molecule has 10 heteroatoms.